The van der Waals surface area contributed by atoms with Crippen molar-refractivity contribution in [3.63, 3.8) is 0 Å². The molecule has 1 aliphatic rings. The number of rotatable bonds is 5. The van der Waals surface area contributed by atoms with Crippen LogP contribution in [0.25, 0.3) is 11.0 Å². The number of anilines is 2. The zero-order valence-electron chi connectivity index (χ0n) is 14.1. The fourth-order valence-electron chi connectivity index (χ4n) is 3.49. The van der Waals surface area contributed by atoms with Crippen LogP contribution in [0.2, 0.25) is 0 Å². The van der Waals surface area contributed by atoms with Crippen molar-refractivity contribution < 1.29 is 4.79 Å². The highest BCUT2D eigenvalue weighted by molar-refractivity contribution is 5.78. The van der Waals surface area contributed by atoms with E-state index < -0.39 is 0 Å². The van der Waals surface area contributed by atoms with Crippen molar-refractivity contribution in [1.29, 1.82) is 0 Å². The van der Waals surface area contributed by atoms with Crippen LogP contribution in [-0.4, -0.2) is 26.0 Å². The number of carbonyl (C=O) groups is 1. The number of fused-ring (bicyclic) bond motifs is 1. The Kier molecular flexibility index (Phi) is 4.41. The third-order valence-electron chi connectivity index (χ3n) is 4.81. The molecule has 0 amide bonds. The van der Waals surface area contributed by atoms with E-state index in [-0.39, 0.29) is 0 Å². The van der Waals surface area contributed by atoms with E-state index in [1.807, 2.05) is 23.0 Å². The Hall–Kier alpha value is -2.76. The van der Waals surface area contributed by atoms with Crippen LogP contribution in [0.15, 0.2) is 36.7 Å². The summed E-state index contributed by atoms with van der Waals surface area (Å²) < 4.78 is 2.00. The van der Waals surface area contributed by atoms with E-state index in [1.54, 1.807) is 18.3 Å². The summed E-state index contributed by atoms with van der Waals surface area (Å²) in [6.07, 6.45) is 11.0. The Morgan fingerprint density at radius 2 is 2.08 bits per heavy atom. The summed E-state index contributed by atoms with van der Waals surface area (Å²) in [6, 6.07) is 7.26. The monoisotopic (exact) mass is 335 g/mol. The molecule has 1 saturated carbocycles. The summed E-state index contributed by atoms with van der Waals surface area (Å²) in [4.78, 5) is 19.9. The maximum absolute atomic E-state index is 10.9. The van der Waals surface area contributed by atoms with Gasteiger partial charge in [0.05, 0.1) is 11.6 Å². The molecule has 0 atom stereocenters. The van der Waals surface area contributed by atoms with Gasteiger partial charge in [0, 0.05) is 24.0 Å². The van der Waals surface area contributed by atoms with Crippen molar-refractivity contribution in [2.24, 2.45) is 5.92 Å². The van der Waals surface area contributed by atoms with Crippen LogP contribution in [0.3, 0.4) is 0 Å². The van der Waals surface area contributed by atoms with Gasteiger partial charge in [-0.3, -0.25) is 4.79 Å². The predicted molar refractivity (Wildman–Crippen MR) is 97.0 cm³/mol. The van der Waals surface area contributed by atoms with Crippen molar-refractivity contribution in [3.8, 4) is 0 Å². The van der Waals surface area contributed by atoms with Gasteiger partial charge in [-0.25, -0.2) is 9.67 Å². The van der Waals surface area contributed by atoms with Gasteiger partial charge in [0.15, 0.2) is 5.65 Å². The minimum absolute atomic E-state index is 0.515. The SMILES string of the molecule is O=Cc1cccc(Nc2ncc3cnn(CC4CCCCC4)c3n2)c1. The molecule has 2 heterocycles. The van der Waals surface area contributed by atoms with E-state index >= 15 is 0 Å². The zero-order chi connectivity index (χ0) is 17.1. The van der Waals surface area contributed by atoms with E-state index in [1.165, 1.54) is 32.1 Å². The lowest BCUT2D eigenvalue weighted by atomic mass is 9.89. The minimum atomic E-state index is 0.515. The van der Waals surface area contributed by atoms with Crippen molar-refractivity contribution in [2.45, 2.75) is 38.6 Å². The van der Waals surface area contributed by atoms with Gasteiger partial charge in [-0.05, 0) is 30.9 Å². The first-order valence-electron chi connectivity index (χ1n) is 8.82. The first-order chi connectivity index (χ1) is 12.3. The molecule has 1 fully saturated rings. The van der Waals surface area contributed by atoms with Crippen LogP contribution < -0.4 is 5.32 Å². The first-order valence-corrected chi connectivity index (χ1v) is 8.82. The van der Waals surface area contributed by atoms with Crippen molar-refractivity contribution in [1.82, 2.24) is 19.7 Å². The maximum atomic E-state index is 10.9. The second kappa shape index (κ2) is 7.01. The largest absolute Gasteiger partial charge is 0.324 e. The highest BCUT2D eigenvalue weighted by Crippen LogP contribution is 2.26. The normalized spacial score (nSPS) is 15.4. The zero-order valence-corrected chi connectivity index (χ0v) is 14.1. The third-order valence-corrected chi connectivity index (χ3v) is 4.81. The van der Waals surface area contributed by atoms with Gasteiger partial charge in [0.25, 0.3) is 0 Å². The van der Waals surface area contributed by atoms with Gasteiger partial charge in [0.1, 0.15) is 6.29 Å². The van der Waals surface area contributed by atoms with Gasteiger partial charge in [-0.2, -0.15) is 10.1 Å². The van der Waals surface area contributed by atoms with Crippen LogP contribution in [0, 0.1) is 5.92 Å². The summed E-state index contributed by atoms with van der Waals surface area (Å²) in [5.74, 6) is 1.20. The third kappa shape index (κ3) is 3.52. The lowest BCUT2D eigenvalue weighted by molar-refractivity contribution is 0.112. The summed E-state index contributed by atoms with van der Waals surface area (Å²) in [6.45, 7) is 0.917. The van der Waals surface area contributed by atoms with Crippen LogP contribution in [0.4, 0.5) is 11.6 Å². The van der Waals surface area contributed by atoms with Crippen LogP contribution in [0.1, 0.15) is 42.5 Å². The molecule has 3 aromatic rings. The van der Waals surface area contributed by atoms with E-state index in [4.69, 9.17) is 0 Å². The Bertz CT molecular complexity index is 882. The summed E-state index contributed by atoms with van der Waals surface area (Å²) in [5, 5.41) is 8.62. The molecular formula is C19H21N5O. The van der Waals surface area contributed by atoms with Crippen molar-refractivity contribution in [2.75, 3.05) is 5.32 Å². The first kappa shape index (κ1) is 15.7. The van der Waals surface area contributed by atoms with Gasteiger partial charge >= 0.3 is 0 Å². The number of nitrogens with zero attached hydrogens (tertiary/aromatic N) is 4. The molecular weight excluding hydrogens is 314 g/mol. The van der Waals surface area contributed by atoms with Crippen molar-refractivity contribution in [3.05, 3.63) is 42.2 Å². The van der Waals surface area contributed by atoms with E-state index in [2.05, 4.69) is 20.4 Å². The highest BCUT2D eigenvalue weighted by Gasteiger charge is 2.16. The molecule has 6 nitrogen and oxygen atoms in total. The van der Waals surface area contributed by atoms with Gasteiger partial charge in [-0.1, -0.05) is 31.4 Å². The molecule has 0 bridgehead atoms. The topological polar surface area (TPSA) is 72.7 Å². The fraction of sp³-hybridized carbons (Fsp3) is 0.368. The quantitative estimate of drug-likeness (QED) is 0.714. The minimum Gasteiger partial charge on any atom is -0.324 e. The van der Waals surface area contributed by atoms with Crippen LogP contribution >= 0.6 is 0 Å². The van der Waals surface area contributed by atoms with Crippen LogP contribution in [0.5, 0.6) is 0 Å². The molecule has 0 spiro atoms. The number of benzene rings is 1. The second-order valence-corrected chi connectivity index (χ2v) is 6.67. The van der Waals surface area contributed by atoms with Gasteiger partial charge in [0.2, 0.25) is 5.95 Å². The highest BCUT2D eigenvalue weighted by atomic mass is 16.1. The van der Waals surface area contributed by atoms with E-state index in [0.29, 0.717) is 17.4 Å². The molecule has 2 aromatic heterocycles. The smallest absolute Gasteiger partial charge is 0.229 e. The Balaban J connectivity index is 1.57. The van der Waals surface area contributed by atoms with Gasteiger partial charge in [-0.15, -0.1) is 0 Å². The number of carbonyl (C=O) groups excluding carboxylic acids is 1. The molecule has 0 unspecified atom stereocenters. The second-order valence-electron chi connectivity index (χ2n) is 6.67. The Morgan fingerprint density at radius 3 is 2.92 bits per heavy atom. The lowest BCUT2D eigenvalue weighted by Crippen LogP contribution is -2.15. The molecule has 0 radical (unpaired) electrons. The average molecular weight is 335 g/mol. The standard InChI is InChI=1S/C19H21N5O/c25-13-15-7-4-8-17(9-15)22-19-20-10-16-11-21-24(18(16)23-19)12-14-5-2-1-3-6-14/h4,7-11,13-14H,1-3,5-6,12H2,(H,20,22,23). The number of nitrogens with one attached hydrogen (secondary N) is 1. The lowest BCUT2D eigenvalue weighted by Gasteiger charge is -2.21. The number of aromatic nitrogens is 4. The molecule has 25 heavy (non-hydrogen) atoms. The molecule has 0 saturated heterocycles. The number of hydrogen-bond donors (Lipinski definition) is 1. The number of hydrogen-bond acceptors (Lipinski definition) is 5. The molecule has 1 N–H and O–H groups in total. The molecule has 6 heteroatoms. The van der Waals surface area contributed by atoms with E-state index in [0.717, 1.165) is 29.6 Å². The fourth-order valence-corrected chi connectivity index (χ4v) is 3.49. The molecule has 0 aliphatic heterocycles. The molecule has 1 aromatic carbocycles. The van der Waals surface area contributed by atoms with Crippen molar-refractivity contribution >= 4 is 29.0 Å². The Labute approximate surface area is 146 Å². The Morgan fingerprint density at radius 1 is 1.20 bits per heavy atom. The average Bonchev–Trinajstić information content (AvgIpc) is 3.05. The summed E-state index contributed by atoms with van der Waals surface area (Å²) >= 11 is 0. The maximum Gasteiger partial charge on any atom is 0.229 e. The molecule has 128 valence electrons. The summed E-state index contributed by atoms with van der Waals surface area (Å²) in [7, 11) is 0. The molecule has 4 rings (SSSR count). The number of aldehydes is 1. The summed E-state index contributed by atoms with van der Waals surface area (Å²) in [5.41, 5.74) is 2.27. The van der Waals surface area contributed by atoms with Gasteiger partial charge < -0.3 is 5.32 Å². The predicted octanol–water partition coefficient (Wildman–Crippen LogP) is 3.96. The van der Waals surface area contributed by atoms with Crippen LogP contribution in [-0.2, 0) is 6.54 Å². The molecule has 1 aliphatic carbocycles. The van der Waals surface area contributed by atoms with E-state index in [9.17, 15) is 4.79 Å².